The van der Waals surface area contributed by atoms with Crippen LogP contribution in [0.4, 0.5) is 0 Å². The second kappa shape index (κ2) is 8.81. The summed E-state index contributed by atoms with van der Waals surface area (Å²) in [6.45, 7) is 6.75. The first-order valence-corrected chi connectivity index (χ1v) is 10.6. The minimum absolute atomic E-state index is 0.00394. The molecule has 1 saturated heterocycles. The molecule has 2 amide bonds. The zero-order valence-corrected chi connectivity index (χ0v) is 17.8. The lowest BCUT2D eigenvalue weighted by atomic mass is 10.1. The zero-order valence-electron chi connectivity index (χ0n) is 17.0. The summed E-state index contributed by atoms with van der Waals surface area (Å²) >= 11 is 1.45. The minimum atomic E-state index is -0.423. The van der Waals surface area contributed by atoms with Gasteiger partial charge >= 0.3 is 5.91 Å². The van der Waals surface area contributed by atoms with Crippen LogP contribution >= 0.6 is 11.3 Å². The number of carbonyl (C=O) groups is 2. The van der Waals surface area contributed by atoms with Crippen LogP contribution in [0.2, 0.25) is 0 Å². The molecule has 0 saturated carbocycles. The maximum absolute atomic E-state index is 13.1. The standard InChI is InChI=1S/C22H23N3O4S/c1-15-16(2)30-22(23-20(26)19-8-5-11-29-19)25(15)14-17-6-3-4-7-18(17)21(27)24-9-12-28-13-10-24/h3-8,11H,9-10,12-14H2,1-2H3. The molecular weight excluding hydrogens is 402 g/mol. The molecule has 156 valence electrons. The number of thiazole rings is 1. The lowest BCUT2D eigenvalue weighted by Crippen LogP contribution is -2.41. The molecule has 0 atom stereocenters. The van der Waals surface area contributed by atoms with Crippen LogP contribution in [0.1, 0.15) is 37.0 Å². The van der Waals surface area contributed by atoms with Crippen molar-refractivity contribution >= 4 is 23.2 Å². The lowest BCUT2D eigenvalue weighted by Gasteiger charge is -2.27. The Hall–Kier alpha value is -2.97. The van der Waals surface area contributed by atoms with Crippen LogP contribution in [-0.2, 0) is 11.3 Å². The minimum Gasteiger partial charge on any atom is -0.459 e. The molecule has 1 fully saturated rings. The lowest BCUT2D eigenvalue weighted by molar-refractivity contribution is 0.0302. The number of morpholine rings is 1. The van der Waals surface area contributed by atoms with Gasteiger partial charge in [-0.3, -0.25) is 9.59 Å². The number of hydrogen-bond donors (Lipinski definition) is 0. The van der Waals surface area contributed by atoms with Crippen molar-refractivity contribution in [2.75, 3.05) is 26.3 Å². The number of rotatable bonds is 4. The molecule has 7 nitrogen and oxygen atoms in total. The van der Waals surface area contributed by atoms with E-state index in [1.54, 1.807) is 12.1 Å². The highest BCUT2D eigenvalue weighted by Gasteiger charge is 2.21. The average Bonchev–Trinajstić information content (AvgIpc) is 3.39. The van der Waals surface area contributed by atoms with Gasteiger partial charge < -0.3 is 18.6 Å². The molecule has 4 rings (SSSR count). The fourth-order valence-electron chi connectivity index (χ4n) is 3.38. The third-order valence-corrected chi connectivity index (χ3v) is 6.29. The van der Waals surface area contributed by atoms with Gasteiger partial charge in [0.2, 0.25) is 0 Å². The summed E-state index contributed by atoms with van der Waals surface area (Å²) in [4.78, 5) is 33.3. The average molecular weight is 426 g/mol. The molecule has 0 spiro atoms. The highest BCUT2D eigenvalue weighted by molar-refractivity contribution is 7.09. The van der Waals surface area contributed by atoms with Crippen LogP contribution in [-0.4, -0.2) is 47.6 Å². The van der Waals surface area contributed by atoms with Crippen LogP contribution in [0.5, 0.6) is 0 Å². The molecular formula is C22H23N3O4S. The molecule has 3 aromatic rings. The predicted molar refractivity (Wildman–Crippen MR) is 113 cm³/mol. The van der Waals surface area contributed by atoms with Gasteiger partial charge in [-0.05, 0) is 37.6 Å². The van der Waals surface area contributed by atoms with Crippen LogP contribution in [0.25, 0.3) is 0 Å². The molecule has 0 aliphatic carbocycles. The van der Waals surface area contributed by atoms with Gasteiger partial charge in [0.1, 0.15) is 0 Å². The Bertz CT molecular complexity index is 1120. The smallest absolute Gasteiger partial charge is 0.315 e. The number of amides is 2. The van der Waals surface area contributed by atoms with Gasteiger partial charge in [-0.15, -0.1) is 11.3 Å². The van der Waals surface area contributed by atoms with E-state index in [9.17, 15) is 9.59 Å². The predicted octanol–water partition coefficient (Wildman–Crippen LogP) is 3.02. The van der Waals surface area contributed by atoms with Crippen LogP contribution in [0, 0.1) is 13.8 Å². The van der Waals surface area contributed by atoms with Gasteiger partial charge in [-0.2, -0.15) is 4.99 Å². The number of benzene rings is 1. The van der Waals surface area contributed by atoms with Crippen molar-refractivity contribution in [2.24, 2.45) is 4.99 Å². The van der Waals surface area contributed by atoms with Gasteiger partial charge in [-0.1, -0.05) is 18.2 Å². The molecule has 1 aromatic carbocycles. The monoisotopic (exact) mass is 425 g/mol. The molecule has 0 unspecified atom stereocenters. The van der Waals surface area contributed by atoms with E-state index in [0.717, 1.165) is 16.1 Å². The van der Waals surface area contributed by atoms with E-state index >= 15 is 0 Å². The van der Waals surface area contributed by atoms with E-state index in [-0.39, 0.29) is 11.7 Å². The SMILES string of the molecule is Cc1sc(=NC(=O)c2ccco2)n(Cc2ccccc2C(=O)N2CCOCC2)c1C. The van der Waals surface area contributed by atoms with Gasteiger partial charge in [-0.25, -0.2) is 0 Å². The highest BCUT2D eigenvalue weighted by Crippen LogP contribution is 2.17. The van der Waals surface area contributed by atoms with Crippen molar-refractivity contribution in [2.45, 2.75) is 20.4 Å². The molecule has 8 heteroatoms. The van der Waals surface area contributed by atoms with Crippen molar-refractivity contribution in [3.8, 4) is 0 Å². The number of hydrogen-bond acceptors (Lipinski definition) is 5. The quantitative estimate of drug-likeness (QED) is 0.644. The van der Waals surface area contributed by atoms with Crippen molar-refractivity contribution in [3.63, 3.8) is 0 Å². The van der Waals surface area contributed by atoms with E-state index < -0.39 is 5.91 Å². The zero-order chi connectivity index (χ0) is 21.1. The van der Waals surface area contributed by atoms with Crippen LogP contribution in [0.3, 0.4) is 0 Å². The summed E-state index contributed by atoms with van der Waals surface area (Å²) in [5.74, 6) is -0.218. The summed E-state index contributed by atoms with van der Waals surface area (Å²) in [6.07, 6.45) is 1.45. The van der Waals surface area contributed by atoms with Crippen molar-refractivity contribution in [1.29, 1.82) is 0 Å². The van der Waals surface area contributed by atoms with E-state index in [4.69, 9.17) is 9.15 Å². The number of nitrogens with zero attached hydrogens (tertiary/aromatic N) is 3. The first-order valence-electron chi connectivity index (χ1n) is 9.79. The maximum Gasteiger partial charge on any atom is 0.315 e. The van der Waals surface area contributed by atoms with Gasteiger partial charge in [0.15, 0.2) is 10.6 Å². The number of aryl methyl sites for hydroxylation is 1. The Kier molecular flexibility index (Phi) is 5.96. The fourth-order valence-corrected chi connectivity index (χ4v) is 4.36. The highest BCUT2D eigenvalue weighted by atomic mass is 32.1. The molecule has 1 aliphatic heterocycles. The second-order valence-electron chi connectivity index (χ2n) is 7.07. The van der Waals surface area contributed by atoms with Crippen LogP contribution < -0.4 is 4.80 Å². The molecule has 1 aliphatic rings. The molecule has 0 radical (unpaired) electrons. The molecule has 3 heterocycles. The number of furan rings is 1. The summed E-state index contributed by atoms with van der Waals surface area (Å²) in [7, 11) is 0. The van der Waals surface area contributed by atoms with Crippen LogP contribution in [0.15, 0.2) is 52.1 Å². The Morgan fingerprint density at radius 1 is 1.10 bits per heavy atom. The van der Waals surface area contributed by atoms with Crippen molar-refractivity contribution in [1.82, 2.24) is 9.47 Å². The molecule has 0 bridgehead atoms. The summed E-state index contributed by atoms with van der Waals surface area (Å²) < 4.78 is 12.5. The third-order valence-electron chi connectivity index (χ3n) is 5.19. The largest absolute Gasteiger partial charge is 0.459 e. The number of aromatic nitrogens is 1. The Morgan fingerprint density at radius 3 is 2.60 bits per heavy atom. The normalized spacial score (nSPS) is 14.9. The third kappa shape index (κ3) is 4.15. The Balaban J connectivity index is 1.69. The second-order valence-corrected chi connectivity index (χ2v) is 8.25. The van der Waals surface area contributed by atoms with Gasteiger partial charge in [0.25, 0.3) is 5.91 Å². The van der Waals surface area contributed by atoms with Crippen molar-refractivity contribution < 1.29 is 18.7 Å². The van der Waals surface area contributed by atoms with E-state index in [1.165, 1.54) is 17.6 Å². The fraction of sp³-hybridized carbons (Fsp3) is 0.318. The summed E-state index contributed by atoms with van der Waals surface area (Å²) in [6, 6.07) is 10.9. The summed E-state index contributed by atoms with van der Waals surface area (Å²) in [5, 5.41) is 0. The number of ether oxygens (including phenoxy) is 1. The molecule has 2 aromatic heterocycles. The first kappa shape index (κ1) is 20.3. The summed E-state index contributed by atoms with van der Waals surface area (Å²) in [5.41, 5.74) is 2.57. The van der Waals surface area contributed by atoms with E-state index in [0.29, 0.717) is 43.2 Å². The number of carbonyl (C=O) groups excluding carboxylic acids is 2. The Morgan fingerprint density at radius 2 is 1.87 bits per heavy atom. The van der Waals surface area contributed by atoms with E-state index in [1.807, 2.05) is 47.6 Å². The topological polar surface area (TPSA) is 77.0 Å². The van der Waals surface area contributed by atoms with Crippen molar-refractivity contribution in [3.05, 3.63) is 74.9 Å². The van der Waals surface area contributed by atoms with Gasteiger partial charge in [0.05, 0.1) is 26.0 Å². The van der Waals surface area contributed by atoms with E-state index in [2.05, 4.69) is 4.99 Å². The van der Waals surface area contributed by atoms with Gasteiger partial charge in [0, 0.05) is 29.2 Å². The first-order chi connectivity index (χ1) is 14.5. The molecule has 0 N–H and O–H groups in total. The Labute approximate surface area is 178 Å². The molecule has 30 heavy (non-hydrogen) atoms. The maximum atomic E-state index is 13.1.